The zero-order valence-corrected chi connectivity index (χ0v) is 16.8. The van der Waals surface area contributed by atoms with Crippen molar-refractivity contribution in [2.45, 2.75) is 26.8 Å². The molecule has 2 aromatic carbocycles. The number of rotatable bonds is 7. The zero-order valence-electron chi connectivity index (χ0n) is 16.8. The molecule has 0 radical (unpaired) electrons. The Morgan fingerprint density at radius 1 is 1.10 bits per heavy atom. The number of benzene rings is 2. The maximum atomic E-state index is 12.4. The van der Waals surface area contributed by atoms with E-state index in [1.165, 1.54) is 9.70 Å². The summed E-state index contributed by atoms with van der Waals surface area (Å²) in [7, 11) is 1.57. The average molecular weight is 392 g/mol. The topological polar surface area (TPSA) is 93.0 Å². The van der Waals surface area contributed by atoms with Gasteiger partial charge in [0, 0.05) is 18.3 Å². The van der Waals surface area contributed by atoms with E-state index in [1.807, 2.05) is 62.4 Å². The highest BCUT2D eigenvalue weighted by Crippen LogP contribution is 2.15. The quantitative estimate of drug-likeness (QED) is 0.666. The smallest absolute Gasteiger partial charge is 0.246 e. The maximum Gasteiger partial charge on any atom is 0.246 e. The number of aryl methyl sites for hydroxylation is 2. The summed E-state index contributed by atoms with van der Waals surface area (Å²) in [6.45, 7) is 3.88. The summed E-state index contributed by atoms with van der Waals surface area (Å²) >= 11 is 0. The predicted octanol–water partition coefficient (Wildman–Crippen LogP) is 2.31. The molecule has 8 nitrogen and oxygen atoms in total. The van der Waals surface area contributed by atoms with Crippen molar-refractivity contribution in [3.05, 3.63) is 59.7 Å². The van der Waals surface area contributed by atoms with Gasteiger partial charge in [-0.3, -0.25) is 9.59 Å². The molecule has 0 bridgehead atoms. The second-order valence-corrected chi connectivity index (χ2v) is 6.82. The van der Waals surface area contributed by atoms with E-state index < -0.39 is 0 Å². The number of carbonyl (C=O) groups excluding carboxylic acids is 2. The molecule has 29 heavy (non-hydrogen) atoms. The lowest BCUT2D eigenvalue weighted by atomic mass is 10.1. The highest BCUT2D eigenvalue weighted by Gasteiger charge is 2.16. The summed E-state index contributed by atoms with van der Waals surface area (Å²) in [5.74, 6) is -0.0835. The third-order valence-electron chi connectivity index (χ3n) is 4.52. The van der Waals surface area contributed by atoms with Crippen LogP contribution in [0.25, 0.3) is 11.4 Å². The number of hydrogen-bond acceptors (Lipinski definition) is 5. The fraction of sp³-hybridized carbons (Fsp3) is 0.286. The number of nitrogens with zero attached hydrogens (tertiary/aromatic N) is 5. The summed E-state index contributed by atoms with van der Waals surface area (Å²) in [5, 5.41) is 15.0. The average Bonchev–Trinajstić information content (AvgIpc) is 3.17. The van der Waals surface area contributed by atoms with Crippen LogP contribution in [0.1, 0.15) is 18.1 Å². The van der Waals surface area contributed by atoms with Crippen molar-refractivity contribution in [3.8, 4) is 11.4 Å². The second-order valence-electron chi connectivity index (χ2n) is 6.82. The monoisotopic (exact) mass is 392 g/mol. The number of aromatic nitrogens is 4. The molecule has 1 heterocycles. The molecule has 0 spiro atoms. The van der Waals surface area contributed by atoms with Crippen molar-refractivity contribution in [1.29, 1.82) is 0 Å². The summed E-state index contributed by atoms with van der Waals surface area (Å²) in [6, 6.07) is 15.4. The van der Waals surface area contributed by atoms with Crippen molar-refractivity contribution in [3.63, 3.8) is 0 Å². The Bertz CT molecular complexity index is 996. The van der Waals surface area contributed by atoms with Crippen LogP contribution in [-0.4, -0.2) is 50.5 Å². The highest BCUT2D eigenvalue weighted by atomic mass is 16.2. The van der Waals surface area contributed by atoms with E-state index in [9.17, 15) is 9.59 Å². The summed E-state index contributed by atoms with van der Waals surface area (Å²) in [5.41, 5.74) is 3.78. The van der Waals surface area contributed by atoms with Gasteiger partial charge >= 0.3 is 0 Å². The molecule has 3 aromatic rings. The Balaban J connectivity index is 1.56. The third-order valence-corrected chi connectivity index (χ3v) is 4.52. The van der Waals surface area contributed by atoms with Gasteiger partial charge in [-0.1, -0.05) is 55.0 Å². The number of anilines is 1. The number of nitrogens with one attached hydrogen (secondary N) is 1. The van der Waals surface area contributed by atoms with Gasteiger partial charge in [0.15, 0.2) is 0 Å². The Hall–Kier alpha value is -3.55. The summed E-state index contributed by atoms with van der Waals surface area (Å²) in [4.78, 5) is 27.3. The Morgan fingerprint density at radius 3 is 2.55 bits per heavy atom. The van der Waals surface area contributed by atoms with E-state index in [0.717, 1.165) is 28.8 Å². The van der Waals surface area contributed by atoms with Gasteiger partial charge in [-0.05, 0) is 30.2 Å². The fourth-order valence-corrected chi connectivity index (χ4v) is 2.81. The SMILES string of the molecule is CCc1ccccc1NC(=O)CN(C)C(=O)Cn1nnc(-c2ccc(C)cc2)n1. The first kappa shape index (κ1) is 20.2. The molecule has 2 amide bonds. The molecule has 8 heteroatoms. The number of carbonyl (C=O) groups is 2. The molecular formula is C21H24N6O2. The minimum absolute atomic E-state index is 0.0591. The Labute approximate surface area is 169 Å². The van der Waals surface area contributed by atoms with Gasteiger partial charge < -0.3 is 10.2 Å². The molecule has 1 N–H and O–H groups in total. The number of hydrogen-bond donors (Lipinski definition) is 1. The summed E-state index contributed by atoms with van der Waals surface area (Å²) in [6.07, 6.45) is 0.812. The van der Waals surface area contributed by atoms with Crippen LogP contribution in [-0.2, 0) is 22.6 Å². The van der Waals surface area contributed by atoms with Crippen LogP contribution >= 0.6 is 0 Å². The van der Waals surface area contributed by atoms with Crippen molar-refractivity contribution < 1.29 is 9.59 Å². The minimum Gasteiger partial charge on any atom is -0.335 e. The fourth-order valence-electron chi connectivity index (χ4n) is 2.81. The standard InChI is InChI=1S/C21H24N6O2/c1-4-16-7-5-6-8-18(16)22-19(28)13-26(3)20(29)14-27-24-21(23-25-27)17-11-9-15(2)10-12-17/h5-12H,4,13-14H2,1-3H3,(H,22,28). The first-order valence-corrected chi connectivity index (χ1v) is 9.43. The lowest BCUT2D eigenvalue weighted by molar-refractivity contribution is -0.134. The van der Waals surface area contributed by atoms with E-state index in [1.54, 1.807) is 7.05 Å². The largest absolute Gasteiger partial charge is 0.335 e. The molecule has 0 unspecified atom stereocenters. The second kappa shape index (κ2) is 9.09. The van der Waals surface area contributed by atoms with Gasteiger partial charge in [0.2, 0.25) is 17.6 Å². The van der Waals surface area contributed by atoms with Crippen LogP contribution in [0.3, 0.4) is 0 Å². The Morgan fingerprint density at radius 2 is 1.83 bits per heavy atom. The first-order chi connectivity index (χ1) is 14.0. The van der Waals surface area contributed by atoms with Gasteiger partial charge in [-0.15, -0.1) is 10.2 Å². The molecule has 0 saturated heterocycles. The molecular weight excluding hydrogens is 368 g/mol. The van der Waals surface area contributed by atoms with Crippen molar-refractivity contribution >= 4 is 17.5 Å². The van der Waals surface area contributed by atoms with E-state index in [0.29, 0.717) is 5.82 Å². The minimum atomic E-state index is -0.281. The summed E-state index contributed by atoms with van der Waals surface area (Å²) < 4.78 is 0. The van der Waals surface area contributed by atoms with Crippen LogP contribution in [0.4, 0.5) is 5.69 Å². The van der Waals surface area contributed by atoms with Crippen molar-refractivity contribution in [1.82, 2.24) is 25.1 Å². The van der Waals surface area contributed by atoms with E-state index >= 15 is 0 Å². The van der Waals surface area contributed by atoms with Crippen LogP contribution in [0.2, 0.25) is 0 Å². The molecule has 0 aliphatic heterocycles. The van der Waals surface area contributed by atoms with Crippen LogP contribution < -0.4 is 5.32 Å². The van der Waals surface area contributed by atoms with Gasteiger partial charge in [-0.25, -0.2) is 0 Å². The van der Waals surface area contributed by atoms with Crippen LogP contribution in [0.15, 0.2) is 48.5 Å². The highest BCUT2D eigenvalue weighted by molar-refractivity contribution is 5.95. The predicted molar refractivity (Wildman–Crippen MR) is 110 cm³/mol. The van der Waals surface area contributed by atoms with Gasteiger partial charge in [0.05, 0.1) is 6.54 Å². The maximum absolute atomic E-state index is 12.4. The Kier molecular flexibility index (Phi) is 6.33. The molecule has 0 atom stereocenters. The lowest BCUT2D eigenvalue weighted by Gasteiger charge is -2.17. The normalized spacial score (nSPS) is 10.6. The van der Waals surface area contributed by atoms with Crippen molar-refractivity contribution in [2.75, 3.05) is 18.9 Å². The van der Waals surface area contributed by atoms with Gasteiger partial charge in [-0.2, -0.15) is 4.80 Å². The third kappa shape index (κ3) is 5.25. The molecule has 3 rings (SSSR count). The van der Waals surface area contributed by atoms with Gasteiger partial charge in [0.1, 0.15) is 6.54 Å². The van der Waals surface area contributed by atoms with E-state index in [2.05, 4.69) is 20.7 Å². The molecule has 0 aliphatic rings. The van der Waals surface area contributed by atoms with Gasteiger partial charge in [0.25, 0.3) is 0 Å². The number of para-hydroxylation sites is 1. The van der Waals surface area contributed by atoms with Crippen molar-refractivity contribution in [2.24, 2.45) is 0 Å². The zero-order chi connectivity index (χ0) is 20.8. The number of tetrazole rings is 1. The molecule has 0 aliphatic carbocycles. The number of likely N-dealkylation sites (N-methyl/N-ethyl adjacent to an activating group) is 1. The van der Waals surface area contributed by atoms with Crippen LogP contribution in [0.5, 0.6) is 0 Å². The molecule has 1 aromatic heterocycles. The molecule has 150 valence electrons. The lowest BCUT2D eigenvalue weighted by Crippen LogP contribution is -2.37. The first-order valence-electron chi connectivity index (χ1n) is 9.43. The van der Waals surface area contributed by atoms with Crippen LogP contribution in [0, 0.1) is 6.92 Å². The number of amides is 2. The molecule has 0 saturated carbocycles. The van der Waals surface area contributed by atoms with E-state index in [-0.39, 0.29) is 24.9 Å². The molecule has 0 fully saturated rings. The van der Waals surface area contributed by atoms with E-state index in [4.69, 9.17) is 0 Å².